The molecule has 4 heteroatoms. The number of hydrogen-bond donors (Lipinski definition) is 1. The van der Waals surface area contributed by atoms with Crippen LogP contribution in [-0.2, 0) is 4.79 Å². The number of aryl methyl sites for hydroxylation is 1. The molecule has 114 valence electrons. The highest BCUT2D eigenvalue weighted by atomic mass is 79.9. The lowest BCUT2D eigenvalue weighted by molar-refractivity contribution is -0.111. The molecule has 0 radical (unpaired) electrons. The third kappa shape index (κ3) is 4.46. The van der Waals surface area contributed by atoms with Crippen molar-refractivity contribution >= 4 is 33.6 Å². The largest absolute Gasteiger partial charge is 0.493 e. The Hall–Kier alpha value is -2.07. The molecule has 3 nitrogen and oxygen atoms in total. The maximum absolute atomic E-state index is 12.0. The molecule has 0 aliphatic carbocycles. The molecule has 0 bridgehead atoms. The SMILES string of the molecule is CCOc1ccccc1/C=C/C(=O)Nc1ccc(Br)cc1C. The maximum atomic E-state index is 12.0. The standard InChI is InChI=1S/C18H18BrNO2/c1-3-22-17-7-5-4-6-14(17)8-11-18(21)20-16-10-9-15(19)12-13(16)2/h4-12H,3H2,1-2H3,(H,20,21)/b11-8+. The summed E-state index contributed by atoms with van der Waals surface area (Å²) in [4.78, 5) is 12.0. The first-order valence-electron chi connectivity index (χ1n) is 7.07. The predicted octanol–water partition coefficient (Wildman–Crippen LogP) is 4.81. The first-order valence-corrected chi connectivity index (χ1v) is 7.86. The van der Waals surface area contributed by atoms with Crippen molar-refractivity contribution in [3.8, 4) is 5.75 Å². The van der Waals surface area contributed by atoms with Gasteiger partial charge in [0.15, 0.2) is 0 Å². The van der Waals surface area contributed by atoms with Gasteiger partial charge in [-0.25, -0.2) is 0 Å². The first-order chi connectivity index (χ1) is 10.6. The number of carbonyl (C=O) groups is 1. The summed E-state index contributed by atoms with van der Waals surface area (Å²) < 4.78 is 6.52. The molecule has 1 N–H and O–H groups in total. The van der Waals surface area contributed by atoms with Gasteiger partial charge >= 0.3 is 0 Å². The van der Waals surface area contributed by atoms with Crippen molar-refractivity contribution in [1.82, 2.24) is 0 Å². The van der Waals surface area contributed by atoms with Gasteiger partial charge in [0.25, 0.3) is 0 Å². The Bertz CT molecular complexity index is 695. The topological polar surface area (TPSA) is 38.3 Å². The molecule has 0 spiro atoms. The van der Waals surface area contributed by atoms with Crippen molar-refractivity contribution < 1.29 is 9.53 Å². The molecule has 0 saturated heterocycles. The van der Waals surface area contributed by atoms with E-state index in [2.05, 4.69) is 21.2 Å². The van der Waals surface area contributed by atoms with Gasteiger partial charge < -0.3 is 10.1 Å². The minimum atomic E-state index is -0.170. The van der Waals surface area contributed by atoms with Gasteiger partial charge in [-0.1, -0.05) is 34.1 Å². The van der Waals surface area contributed by atoms with E-state index in [1.807, 2.05) is 56.3 Å². The molecule has 0 saturated carbocycles. The van der Waals surface area contributed by atoms with Crippen molar-refractivity contribution in [2.75, 3.05) is 11.9 Å². The van der Waals surface area contributed by atoms with Crippen molar-refractivity contribution in [2.24, 2.45) is 0 Å². The third-order valence-corrected chi connectivity index (χ3v) is 3.57. The lowest BCUT2D eigenvalue weighted by Crippen LogP contribution is -2.08. The molecule has 1 amide bonds. The summed E-state index contributed by atoms with van der Waals surface area (Å²) in [5.74, 6) is 0.602. The van der Waals surface area contributed by atoms with Gasteiger partial charge in [-0.2, -0.15) is 0 Å². The minimum absolute atomic E-state index is 0.170. The van der Waals surface area contributed by atoms with Crippen molar-refractivity contribution in [3.63, 3.8) is 0 Å². The van der Waals surface area contributed by atoms with Gasteiger partial charge in [-0.05, 0) is 49.8 Å². The number of rotatable bonds is 5. The monoisotopic (exact) mass is 359 g/mol. The van der Waals surface area contributed by atoms with Crippen LogP contribution in [0.3, 0.4) is 0 Å². The van der Waals surface area contributed by atoms with Gasteiger partial charge in [0.2, 0.25) is 5.91 Å². The first kappa shape index (κ1) is 16.3. The van der Waals surface area contributed by atoms with Crippen LogP contribution >= 0.6 is 15.9 Å². The minimum Gasteiger partial charge on any atom is -0.493 e. The molecule has 0 aromatic heterocycles. The Balaban J connectivity index is 2.08. The highest BCUT2D eigenvalue weighted by molar-refractivity contribution is 9.10. The fourth-order valence-corrected chi connectivity index (χ4v) is 2.49. The zero-order valence-electron chi connectivity index (χ0n) is 12.6. The fraction of sp³-hybridized carbons (Fsp3) is 0.167. The average Bonchev–Trinajstić information content (AvgIpc) is 2.49. The zero-order valence-corrected chi connectivity index (χ0v) is 14.2. The molecule has 0 aliphatic rings. The van der Waals surface area contributed by atoms with Gasteiger partial charge in [0.05, 0.1) is 6.61 Å². The molecule has 2 rings (SSSR count). The van der Waals surface area contributed by atoms with E-state index in [1.165, 1.54) is 6.08 Å². The number of benzene rings is 2. The number of para-hydroxylation sites is 1. The van der Waals surface area contributed by atoms with Crippen molar-refractivity contribution in [2.45, 2.75) is 13.8 Å². The smallest absolute Gasteiger partial charge is 0.248 e. The second-order valence-electron chi connectivity index (χ2n) is 4.75. The van der Waals surface area contributed by atoms with Crippen LogP contribution in [0.25, 0.3) is 6.08 Å². The van der Waals surface area contributed by atoms with Crippen LogP contribution in [-0.4, -0.2) is 12.5 Å². The van der Waals surface area contributed by atoms with E-state index in [0.717, 1.165) is 27.0 Å². The molecule has 0 aliphatic heterocycles. The molecule has 0 atom stereocenters. The van der Waals surface area contributed by atoms with Crippen LogP contribution < -0.4 is 10.1 Å². The van der Waals surface area contributed by atoms with Crippen molar-refractivity contribution in [1.29, 1.82) is 0 Å². The second kappa shape index (κ2) is 7.80. The molecular formula is C18H18BrNO2. The van der Waals surface area contributed by atoms with Crippen molar-refractivity contribution in [3.05, 3.63) is 64.1 Å². The molecule has 0 unspecified atom stereocenters. The van der Waals surface area contributed by atoms with E-state index in [-0.39, 0.29) is 5.91 Å². The number of hydrogen-bond acceptors (Lipinski definition) is 2. The summed E-state index contributed by atoms with van der Waals surface area (Å²) in [6.07, 6.45) is 3.27. The summed E-state index contributed by atoms with van der Waals surface area (Å²) in [6.45, 7) is 4.48. The highest BCUT2D eigenvalue weighted by Crippen LogP contribution is 2.21. The average molecular weight is 360 g/mol. The van der Waals surface area contributed by atoms with Gasteiger partial charge in [-0.3, -0.25) is 4.79 Å². The normalized spacial score (nSPS) is 10.7. The molecule has 0 fully saturated rings. The van der Waals surface area contributed by atoms with Gasteiger partial charge in [0.1, 0.15) is 5.75 Å². The Morgan fingerprint density at radius 1 is 1.27 bits per heavy atom. The Kier molecular flexibility index (Phi) is 5.78. The summed E-state index contributed by atoms with van der Waals surface area (Å²) in [6, 6.07) is 13.4. The number of halogens is 1. The van der Waals surface area contributed by atoms with Crippen LogP contribution in [0.2, 0.25) is 0 Å². The number of carbonyl (C=O) groups excluding carboxylic acids is 1. The molecule has 22 heavy (non-hydrogen) atoms. The van der Waals surface area contributed by atoms with Crippen LogP contribution in [0, 0.1) is 6.92 Å². The Morgan fingerprint density at radius 2 is 2.05 bits per heavy atom. The van der Waals surface area contributed by atoms with E-state index in [4.69, 9.17) is 4.74 Å². The maximum Gasteiger partial charge on any atom is 0.248 e. The highest BCUT2D eigenvalue weighted by Gasteiger charge is 2.03. The fourth-order valence-electron chi connectivity index (χ4n) is 2.01. The van der Waals surface area contributed by atoms with E-state index in [1.54, 1.807) is 6.08 Å². The molecule has 0 heterocycles. The number of amides is 1. The van der Waals surface area contributed by atoms with Crippen LogP contribution in [0.5, 0.6) is 5.75 Å². The number of nitrogens with one attached hydrogen (secondary N) is 1. The lowest BCUT2D eigenvalue weighted by atomic mass is 10.1. The quantitative estimate of drug-likeness (QED) is 0.778. The lowest BCUT2D eigenvalue weighted by Gasteiger charge is -2.07. The molecule has 2 aromatic rings. The van der Waals surface area contributed by atoms with Gasteiger partial charge in [0, 0.05) is 21.8 Å². The number of ether oxygens (including phenoxy) is 1. The van der Waals surface area contributed by atoms with Crippen LogP contribution in [0.4, 0.5) is 5.69 Å². The summed E-state index contributed by atoms with van der Waals surface area (Å²) in [5.41, 5.74) is 2.69. The molecular weight excluding hydrogens is 342 g/mol. The van der Waals surface area contributed by atoms with E-state index in [9.17, 15) is 4.79 Å². The number of anilines is 1. The van der Waals surface area contributed by atoms with E-state index < -0.39 is 0 Å². The Labute approximate surface area is 139 Å². The predicted molar refractivity (Wildman–Crippen MR) is 94.2 cm³/mol. The summed E-state index contributed by atoms with van der Waals surface area (Å²) >= 11 is 3.41. The zero-order chi connectivity index (χ0) is 15.9. The van der Waals surface area contributed by atoms with E-state index in [0.29, 0.717) is 6.61 Å². The summed E-state index contributed by atoms with van der Waals surface area (Å²) in [7, 11) is 0. The summed E-state index contributed by atoms with van der Waals surface area (Å²) in [5, 5.41) is 2.87. The third-order valence-electron chi connectivity index (χ3n) is 3.08. The van der Waals surface area contributed by atoms with Gasteiger partial charge in [-0.15, -0.1) is 0 Å². The van der Waals surface area contributed by atoms with Crippen LogP contribution in [0.1, 0.15) is 18.1 Å². The van der Waals surface area contributed by atoms with E-state index >= 15 is 0 Å². The van der Waals surface area contributed by atoms with Crippen LogP contribution in [0.15, 0.2) is 53.0 Å². The second-order valence-corrected chi connectivity index (χ2v) is 5.67. The Morgan fingerprint density at radius 3 is 2.77 bits per heavy atom. The molecule has 2 aromatic carbocycles.